The van der Waals surface area contributed by atoms with Gasteiger partial charge in [-0.1, -0.05) is 73.1 Å². The molecule has 2 aliphatic carbocycles. The molecule has 0 radical (unpaired) electrons. The van der Waals surface area contributed by atoms with Crippen molar-refractivity contribution < 1.29 is 0 Å². The zero-order valence-corrected chi connectivity index (χ0v) is 14.8. The van der Waals surface area contributed by atoms with Crippen LogP contribution in [0.25, 0.3) is 0 Å². The van der Waals surface area contributed by atoms with E-state index in [1.807, 2.05) is 0 Å². The van der Waals surface area contributed by atoms with Gasteiger partial charge in [0.15, 0.2) is 0 Å². The lowest BCUT2D eigenvalue weighted by Gasteiger charge is -2.47. The van der Waals surface area contributed by atoms with Crippen molar-refractivity contribution in [3.8, 4) is 0 Å². The van der Waals surface area contributed by atoms with Crippen LogP contribution < -0.4 is 0 Å². The molecule has 0 N–H and O–H groups in total. The molecule has 118 valence electrons. The molecule has 2 aliphatic rings. The van der Waals surface area contributed by atoms with Crippen molar-refractivity contribution >= 4 is 0 Å². The lowest BCUT2D eigenvalue weighted by molar-refractivity contribution is 0.0271. The molecule has 0 bridgehead atoms. The Morgan fingerprint density at radius 2 is 1.80 bits per heavy atom. The summed E-state index contributed by atoms with van der Waals surface area (Å²) in [5.41, 5.74) is 0.691. The Kier molecular flexibility index (Phi) is 5.60. The van der Waals surface area contributed by atoms with Crippen molar-refractivity contribution in [2.24, 2.45) is 35.0 Å². The standard InChI is InChI=1S/C20H38/c1-6-17-11-8-14-20(5)18(12-13-19(17)20)16(4)10-7-9-15(2)3/h15-19H,6-14H2,1-5H3/t16?,17?,18?,19-,20+/m1/s1. The molecule has 0 aromatic rings. The summed E-state index contributed by atoms with van der Waals surface area (Å²) in [6, 6.07) is 0. The second-order valence-electron chi connectivity index (χ2n) is 8.66. The van der Waals surface area contributed by atoms with Crippen LogP contribution in [-0.4, -0.2) is 0 Å². The van der Waals surface area contributed by atoms with E-state index in [1.54, 1.807) is 0 Å². The molecule has 0 aliphatic heterocycles. The van der Waals surface area contributed by atoms with Crippen molar-refractivity contribution in [1.29, 1.82) is 0 Å². The van der Waals surface area contributed by atoms with Gasteiger partial charge in [-0.05, 0) is 54.3 Å². The first-order valence-electron chi connectivity index (χ1n) is 9.49. The molecule has 0 heterocycles. The zero-order chi connectivity index (χ0) is 14.8. The Hall–Kier alpha value is 0. The van der Waals surface area contributed by atoms with Gasteiger partial charge in [-0.2, -0.15) is 0 Å². The van der Waals surface area contributed by atoms with Crippen LogP contribution in [0.4, 0.5) is 0 Å². The molecule has 0 aromatic carbocycles. The maximum absolute atomic E-state index is 2.66. The first kappa shape index (κ1) is 16.4. The molecule has 20 heavy (non-hydrogen) atoms. The largest absolute Gasteiger partial charge is 0.0651 e. The second kappa shape index (κ2) is 6.84. The lowest BCUT2D eigenvalue weighted by atomic mass is 9.58. The van der Waals surface area contributed by atoms with Crippen LogP contribution in [0, 0.1) is 35.0 Å². The Morgan fingerprint density at radius 3 is 2.45 bits per heavy atom. The van der Waals surface area contributed by atoms with E-state index < -0.39 is 0 Å². The van der Waals surface area contributed by atoms with E-state index in [1.165, 1.54) is 57.8 Å². The molecular formula is C20H38. The lowest BCUT2D eigenvalue weighted by Crippen LogP contribution is -2.38. The minimum atomic E-state index is 0.691. The number of hydrogen-bond acceptors (Lipinski definition) is 0. The van der Waals surface area contributed by atoms with Gasteiger partial charge < -0.3 is 0 Å². The quantitative estimate of drug-likeness (QED) is 0.507. The molecular weight excluding hydrogens is 240 g/mol. The van der Waals surface area contributed by atoms with Gasteiger partial charge in [0.2, 0.25) is 0 Å². The van der Waals surface area contributed by atoms with E-state index in [0.717, 1.165) is 29.6 Å². The highest BCUT2D eigenvalue weighted by atomic mass is 14.6. The summed E-state index contributed by atoms with van der Waals surface area (Å²) >= 11 is 0. The van der Waals surface area contributed by atoms with E-state index in [2.05, 4.69) is 34.6 Å². The van der Waals surface area contributed by atoms with E-state index in [9.17, 15) is 0 Å². The van der Waals surface area contributed by atoms with E-state index in [0.29, 0.717) is 5.41 Å². The molecule has 2 fully saturated rings. The topological polar surface area (TPSA) is 0 Å². The predicted molar refractivity (Wildman–Crippen MR) is 89.8 cm³/mol. The average molecular weight is 279 g/mol. The molecule has 5 atom stereocenters. The summed E-state index contributed by atoms with van der Waals surface area (Å²) in [7, 11) is 0. The third-order valence-corrected chi connectivity index (χ3v) is 6.99. The highest BCUT2D eigenvalue weighted by Crippen LogP contribution is 2.60. The van der Waals surface area contributed by atoms with Gasteiger partial charge in [0, 0.05) is 0 Å². The zero-order valence-electron chi connectivity index (χ0n) is 14.8. The van der Waals surface area contributed by atoms with Crippen LogP contribution in [0.5, 0.6) is 0 Å². The summed E-state index contributed by atoms with van der Waals surface area (Å²) < 4.78 is 0. The molecule has 3 unspecified atom stereocenters. The Morgan fingerprint density at radius 1 is 1.05 bits per heavy atom. The summed E-state index contributed by atoms with van der Waals surface area (Å²) in [5.74, 6) is 4.96. The van der Waals surface area contributed by atoms with Gasteiger partial charge in [-0.15, -0.1) is 0 Å². The van der Waals surface area contributed by atoms with Crippen LogP contribution in [0.15, 0.2) is 0 Å². The van der Waals surface area contributed by atoms with Gasteiger partial charge in [0.1, 0.15) is 0 Å². The smallest absolute Gasteiger partial charge is 0.0264 e. The van der Waals surface area contributed by atoms with Crippen LogP contribution in [-0.2, 0) is 0 Å². The summed E-state index contributed by atoms with van der Waals surface area (Å²) in [5, 5.41) is 0. The van der Waals surface area contributed by atoms with Crippen molar-refractivity contribution in [3.63, 3.8) is 0 Å². The Labute approximate surface area is 128 Å². The highest BCUT2D eigenvalue weighted by molar-refractivity contribution is 5.01. The van der Waals surface area contributed by atoms with Crippen molar-refractivity contribution in [3.05, 3.63) is 0 Å². The molecule has 0 nitrogen and oxygen atoms in total. The van der Waals surface area contributed by atoms with E-state index in [4.69, 9.17) is 0 Å². The summed E-state index contributed by atoms with van der Waals surface area (Å²) in [6.45, 7) is 12.4. The van der Waals surface area contributed by atoms with Gasteiger partial charge >= 0.3 is 0 Å². The number of fused-ring (bicyclic) bond motifs is 1. The second-order valence-corrected chi connectivity index (χ2v) is 8.66. The Balaban J connectivity index is 1.95. The fourth-order valence-corrected chi connectivity index (χ4v) is 5.86. The maximum atomic E-state index is 2.66. The highest BCUT2D eigenvalue weighted by Gasteiger charge is 2.51. The molecule has 2 saturated carbocycles. The Bertz CT molecular complexity index is 292. The third kappa shape index (κ3) is 3.25. The fourth-order valence-electron chi connectivity index (χ4n) is 5.86. The van der Waals surface area contributed by atoms with Gasteiger partial charge in [-0.3, -0.25) is 0 Å². The SMILES string of the molecule is CCC1CCC[C@@]2(C)C(C(C)CCCC(C)C)CC[C@H]12. The minimum Gasteiger partial charge on any atom is -0.0651 e. The molecule has 2 rings (SSSR count). The molecule has 0 heteroatoms. The van der Waals surface area contributed by atoms with Gasteiger partial charge in [0.25, 0.3) is 0 Å². The molecule has 0 amide bonds. The van der Waals surface area contributed by atoms with Crippen LogP contribution in [0.2, 0.25) is 0 Å². The number of hydrogen-bond donors (Lipinski definition) is 0. The van der Waals surface area contributed by atoms with Crippen LogP contribution >= 0.6 is 0 Å². The summed E-state index contributed by atoms with van der Waals surface area (Å²) in [4.78, 5) is 0. The van der Waals surface area contributed by atoms with E-state index in [-0.39, 0.29) is 0 Å². The molecule has 0 aromatic heterocycles. The first-order chi connectivity index (χ1) is 9.49. The predicted octanol–water partition coefficient (Wildman–Crippen LogP) is 6.69. The molecule has 0 spiro atoms. The fraction of sp³-hybridized carbons (Fsp3) is 1.00. The van der Waals surface area contributed by atoms with E-state index >= 15 is 0 Å². The van der Waals surface area contributed by atoms with Gasteiger partial charge in [0.05, 0.1) is 0 Å². The van der Waals surface area contributed by atoms with Crippen molar-refractivity contribution in [1.82, 2.24) is 0 Å². The van der Waals surface area contributed by atoms with Crippen molar-refractivity contribution in [2.75, 3.05) is 0 Å². The first-order valence-corrected chi connectivity index (χ1v) is 9.49. The van der Waals surface area contributed by atoms with Gasteiger partial charge in [-0.25, -0.2) is 0 Å². The van der Waals surface area contributed by atoms with Crippen LogP contribution in [0.3, 0.4) is 0 Å². The van der Waals surface area contributed by atoms with Crippen molar-refractivity contribution in [2.45, 2.75) is 92.4 Å². The average Bonchev–Trinajstić information content (AvgIpc) is 2.75. The molecule has 0 saturated heterocycles. The third-order valence-electron chi connectivity index (χ3n) is 6.99. The normalized spacial score (nSPS) is 39.0. The van der Waals surface area contributed by atoms with Crippen LogP contribution in [0.1, 0.15) is 92.4 Å². The monoisotopic (exact) mass is 278 g/mol. The summed E-state index contributed by atoms with van der Waals surface area (Å²) in [6.07, 6.45) is 13.4. The maximum Gasteiger partial charge on any atom is -0.0264 e. The minimum absolute atomic E-state index is 0.691. The number of rotatable bonds is 6.